The van der Waals surface area contributed by atoms with Crippen molar-refractivity contribution in [3.05, 3.63) is 58.6 Å². The molecule has 5 nitrogen and oxygen atoms in total. The quantitative estimate of drug-likeness (QED) is 0.550. The second-order valence-electron chi connectivity index (χ2n) is 4.72. The average Bonchev–Trinajstić information content (AvgIpc) is 2.53. The average molecular weight is 394 g/mol. The second kappa shape index (κ2) is 8.50. The molecule has 0 atom stereocenters. The van der Waals surface area contributed by atoms with Crippen molar-refractivity contribution in [3.63, 3.8) is 0 Å². The van der Waals surface area contributed by atoms with Gasteiger partial charge in [0.05, 0.1) is 4.47 Å². The highest BCUT2D eigenvalue weighted by molar-refractivity contribution is 9.10. The van der Waals surface area contributed by atoms with Crippen LogP contribution in [-0.2, 0) is 4.79 Å². The maximum atomic E-state index is 11.8. The summed E-state index contributed by atoms with van der Waals surface area (Å²) in [5.41, 5.74) is 7.03. The zero-order chi connectivity index (χ0) is 16.7. The van der Waals surface area contributed by atoms with Gasteiger partial charge in [0, 0.05) is 5.69 Å². The minimum Gasteiger partial charge on any atom is -0.483 e. The summed E-state index contributed by atoms with van der Waals surface area (Å²) in [5, 5.41) is 3.24. The van der Waals surface area contributed by atoms with E-state index in [1.54, 1.807) is 0 Å². The van der Waals surface area contributed by atoms with E-state index >= 15 is 0 Å². The molecule has 0 saturated carbocycles. The Kier molecular flexibility index (Phi) is 6.37. The summed E-state index contributed by atoms with van der Waals surface area (Å²) in [6.45, 7) is 1.86. The zero-order valence-corrected chi connectivity index (χ0v) is 14.8. The van der Waals surface area contributed by atoms with Crippen molar-refractivity contribution in [2.75, 3.05) is 11.9 Å². The summed E-state index contributed by atoms with van der Waals surface area (Å²) in [6, 6.07) is 15.1. The van der Waals surface area contributed by atoms with Crippen LogP contribution in [0.1, 0.15) is 5.56 Å². The van der Waals surface area contributed by atoms with Crippen LogP contribution in [0.5, 0.6) is 5.75 Å². The summed E-state index contributed by atoms with van der Waals surface area (Å²) < 4.78 is 6.25. The molecule has 3 N–H and O–H groups in total. The number of nitrogens with one attached hydrogen (secondary N) is 3. The van der Waals surface area contributed by atoms with E-state index in [0.29, 0.717) is 10.9 Å². The van der Waals surface area contributed by atoms with Crippen molar-refractivity contribution in [3.8, 4) is 5.75 Å². The van der Waals surface area contributed by atoms with Crippen LogP contribution in [0.4, 0.5) is 5.69 Å². The first-order valence-corrected chi connectivity index (χ1v) is 8.04. The number of halogens is 1. The Morgan fingerprint density at radius 3 is 2.61 bits per heavy atom. The standard InChI is InChI=1S/C16H16BrN3O2S/c1-11-7-8-14(13(17)9-11)22-10-15(21)19-20-16(23)18-12-5-3-2-4-6-12/h2-9H,10H2,1H3,(H,19,21)(H2,18,20,23). The summed E-state index contributed by atoms with van der Waals surface area (Å²) in [5.74, 6) is 0.269. The smallest absolute Gasteiger partial charge is 0.276 e. The van der Waals surface area contributed by atoms with Crippen LogP contribution >= 0.6 is 28.1 Å². The number of carbonyl (C=O) groups excluding carboxylic acids is 1. The molecule has 7 heteroatoms. The van der Waals surface area contributed by atoms with E-state index in [1.165, 1.54) is 0 Å². The van der Waals surface area contributed by atoms with Crippen LogP contribution in [-0.4, -0.2) is 17.6 Å². The Balaban J connectivity index is 1.73. The number of aryl methyl sites for hydroxylation is 1. The van der Waals surface area contributed by atoms with E-state index in [-0.39, 0.29) is 12.5 Å². The first kappa shape index (κ1) is 17.2. The van der Waals surface area contributed by atoms with Crippen molar-refractivity contribution < 1.29 is 9.53 Å². The van der Waals surface area contributed by atoms with E-state index in [4.69, 9.17) is 17.0 Å². The van der Waals surface area contributed by atoms with Crippen molar-refractivity contribution in [2.24, 2.45) is 0 Å². The van der Waals surface area contributed by atoms with Gasteiger partial charge in [0.25, 0.3) is 5.91 Å². The monoisotopic (exact) mass is 393 g/mol. The molecule has 0 bridgehead atoms. The molecule has 0 fully saturated rings. The van der Waals surface area contributed by atoms with Gasteiger partial charge in [-0.25, -0.2) is 0 Å². The number of para-hydroxylation sites is 1. The number of carbonyl (C=O) groups is 1. The lowest BCUT2D eigenvalue weighted by atomic mass is 10.2. The van der Waals surface area contributed by atoms with E-state index in [9.17, 15) is 4.79 Å². The molecule has 0 unspecified atom stereocenters. The molecule has 23 heavy (non-hydrogen) atoms. The third kappa shape index (κ3) is 5.88. The van der Waals surface area contributed by atoms with Crippen LogP contribution in [0.15, 0.2) is 53.0 Å². The summed E-state index contributed by atoms with van der Waals surface area (Å²) >= 11 is 8.48. The van der Waals surface area contributed by atoms with Gasteiger partial charge in [0.2, 0.25) is 0 Å². The molecule has 0 radical (unpaired) electrons. The van der Waals surface area contributed by atoms with Crippen LogP contribution in [0.3, 0.4) is 0 Å². The topological polar surface area (TPSA) is 62.4 Å². The summed E-state index contributed by atoms with van der Waals surface area (Å²) in [4.78, 5) is 11.8. The van der Waals surface area contributed by atoms with Gasteiger partial charge in [-0.15, -0.1) is 0 Å². The molecule has 120 valence electrons. The van der Waals surface area contributed by atoms with Crippen molar-refractivity contribution in [1.29, 1.82) is 0 Å². The summed E-state index contributed by atoms with van der Waals surface area (Å²) in [7, 11) is 0. The maximum Gasteiger partial charge on any atom is 0.276 e. The molecule has 1 amide bonds. The number of hydrogen-bond donors (Lipinski definition) is 3. The lowest BCUT2D eigenvalue weighted by Gasteiger charge is -2.12. The second-order valence-corrected chi connectivity index (χ2v) is 5.98. The molecule has 0 aliphatic heterocycles. The fraction of sp³-hybridized carbons (Fsp3) is 0.125. The molecule has 0 aromatic heterocycles. The molecule has 0 spiro atoms. The fourth-order valence-corrected chi connectivity index (χ4v) is 2.49. The molecule has 0 aliphatic rings. The summed E-state index contributed by atoms with van der Waals surface area (Å²) in [6.07, 6.45) is 0. The minimum atomic E-state index is -0.338. The van der Waals surface area contributed by atoms with E-state index in [0.717, 1.165) is 15.7 Å². The first-order valence-electron chi connectivity index (χ1n) is 6.84. The highest BCUT2D eigenvalue weighted by Crippen LogP contribution is 2.25. The molecule has 2 aromatic carbocycles. The predicted molar refractivity (Wildman–Crippen MR) is 98.3 cm³/mol. The number of ether oxygens (including phenoxy) is 1. The molecular formula is C16H16BrN3O2S. The highest BCUT2D eigenvalue weighted by Gasteiger charge is 2.06. The molecule has 0 aliphatic carbocycles. The Labute approximate surface area is 148 Å². The maximum absolute atomic E-state index is 11.8. The fourth-order valence-electron chi connectivity index (χ4n) is 1.71. The molecule has 2 aromatic rings. The van der Waals surface area contributed by atoms with Gasteiger partial charge < -0.3 is 10.1 Å². The number of rotatable bonds is 4. The Morgan fingerprint density at radius 2 is 1.91 bits per heavy atom. The van der Waals surface area contributed by atoms with E-state index < -0.39 is 0 Å². The zero-order valence-electron chi connectivity index (χ0n) is 12.4. The number of hydrogen-bond acceptors (Lipinski definition) is 3. The Morgan fingerprint density at radius 1 is 1.17 bits per heavy atom. The van der Waals surface area contributed by atoms with E-state index in [2.05, 4.69) is 32.1 Å². The van der Waals surface area contributed by atoms with Gasteiger partial charge >= 0.3 is 0 Å². The molecule has 0 heterocycles. The predicted octanol–water partition coefficient (Wildman–Crippen LogP) is 3.15. The van der Waals surface area contributed by atoms with Crippen LogP contribution in [0.25, 0.3) is 0 Å². The SMILES string of the molecule is Cc1ccc(OCC(=O)NNC(=S)Nc2ccccc2)c(Br)c1. The lowest BCUT2D eigenvalue weighted by Crippen LogP contribution is -2.45. The number of anilines is 1. The largest absolute Gasteiger partial charge is 0.483 e. The van der Waals surface area contributed by atoms with Crippen LogP contribution in [0.2, 0.25) is 0 Å². The van der Waals surface area contributed by atoms with Gasteiger partial charge in [-0.05, 0) is 64.9 Å². The van der Waals surface area contributed by atoms with Crippen molar-refractivity contribution >= 4 is 44.9 Å². The molecule has 0 saturated heterocycles. The lowest BCUT2D eigenvalue weighted by molar-refractivity contribution is -0.123. The van der Waals surface area contributed by atoms with Gasteiger partial charge in [-0.3, -0.25) is 15.6 Å². The van der Waals surface area contributed by atoms with Gasteiger partial charge in [-0.1, -0.05) is 24.3 Å². The number of amides is 1. The third-order valence-corrected chi connectivity index (χ3v) is 3.62. The normalized spacial score (nSPS) is 9.83. The number of benzene rings is 2. The number of hydrazine groups is 1. The first-order chi connectivity index (χ1) is 11.0. The third-order valence-electron chi connectivity index (χ3n) is 2.79. The van der Waals surface area contributed by atoms with Gasteiger partial charge in [0.15, 0.2) is 11.7 Å². The minimum absolute atomic E-state index is 0.122. The molecule has 2 rings (SSSR count). The van der Waals surface area contributed by atoms with Crippen molar-refractivity contribution in [2.45, 2.75) is 6.92 Å². The number of thiocarbonyl (C=S) groups is 1. The van der Waals surface area contributed by atoms with Crippen LogP contribution < -0.4 is 20.9 Å². The van der Waals surface area contributed by atoms with Gasteiger partial charge in [-0.2, -0.15) is 0 Å². The van der Waals surface area contributed by atoms with E-state index in [1.807, 2.05) is 55.5 Å². The molecular weight excluding hydrogens is 378 g/mol. The highest BCUT2D eigenvalue weighted by atomic mass is 79.9. The van der Waals surface area contributed by atoms with Gasteiger partial charge in [0.1, 0.15) is 5.75 Å². The Hall–Kier alpha value is -2.12. The van der Waals surface area contributed by atoms with Crippen molar-refractivity contribution in [1.82, 2.24) is 10.9 Å². The Bertz CT molecular complexity index is 695. The van der Waals surface area contributed by atoms with Crippen LogP contribution in [0, 0.1) is 6.92 Å².